The normalized spacial score (nSPS) is 28.7. The monoisotopic (exact) mass is 455 g/mol. The summed E-state index contributed by atoms with van der Waals surface area (Å²) in [5.74, 6) is 0.689. The van der Waals surface area contributed by atoms with E-state index in [9.17, 15) is 20.4 Å². The fraction of sp³-hybridized carbons (Fsp3) is 0.429. The van der Waals surface area contributed by atoms with Crippen molar-refractivity contribution in [2.45, 2.75) is 37.1 Å². The second kappa shape index (κ2) is 8.88. The zero-order valence-electron chi connectivity index (χ0n) is 16.0. The summed E-state index contributed by atoms with van der Waals surface area (Å²) >= 11 is 12.2. The van der Waals surface area contributed by atoms with Gasteiger partial charge in [-0.15, -0.1) is 0 Å². The lowest BCUT2D eigenvalue weighted by Gasteiger charge is -2.40. The van der Waals surface area contributed by atoms with Crippen LogP contribution in [0.5, 0.6) is 5.75 Å². The molecule has 9 heteroatoms. The van der Waals surface area contributed by atoms with Crippen molar-refractivity contribution in [1.82, 2.24) is 0 Å². The first-order chi connectivity index (χ1) is 14.4. The fourth-order valence-corrected chi connectivity index (χ4v) is 4.19. The molecule has 7 nitrogen and oxygen atoms in total. The number of anilines is 1. The molecule has 2 aromatic carbocycles. The number of aliphatic hydroxyl groups excluding tert-OH is 4. The van der Waals surface area contributed by atoms with E-state index in [1.165, 1.54) is 0 Å². The third kappa shape index (κ3) is 4.11. The van der Waals surface area contributed by atoms with E-state index < -0.39 is 37.1 Å². The molecule has 1 saturated heterocycles. The highest BCUT2D eigenvalue weighted by Gasteiger charge is 2.44. The van der Waals surface area contributed by atoms with Crippen LogP contribution < -0.4 is 9.64 Å². The van der Waals surface area contributed by atoms with Crippen molar-refractivity contribution in [3.8, 4) is 5.75 Å². The summed E-state index contributed by atoms with van der Waals surface area (Å²) < 4.78 is 11.5. The standard InChI is InChI=1S/C21H23Cl2NO6/c22-13-3-1-11(7-14(13)23)9-24-5-6-29-16-4-2-12(8-15(16)24)21-20(28)19(27)18(26)17(10-25)30-21/h1-4,7-8,17-21,25-28H,5-6,9-10H2/t17-,18-,19+,20-,21+/m1/s1. The molecule has 0 aromatic heterocycles. The summed E-state index contributed by atoms with van der Waals surface area (Å²) in [4.78, 5) is 2.12. The number of benzene rings is 2. The Morgan fingerprint density at radius 2 is 1.77 bits per heavy atom. The van der Waals surface area contributed by atoms with Gasteiger partial charge < -0.3 is 34.8 Å². The van der Waals surface area contributed by atoms with Gasteiger partial charge in [0.05, 0.1) is 28.9 Å². The number of hydrogen-bond donors (Lipinski definition) is 4. The van der Waals surface area contributed by atoms with E-state index in [-0.39, 0.29) is 0 Å². The molecule has 0 radical (unpaired) electrons. The molecule has 0 spiro atoms. The minimum absolute atomic E-state index is 0.473. The summed E-state index contributed by atoms with van der Waals surface area (Å²) in [5.41, 5.74) is 2.40. The second-order valence-electron chi connectivity index (χ2n) is 7.50. The van der Waals surface area contributed by atoms with Gasteiger partial charge >= 0.3 is 0 Å². The highest BCUT2D eigenvalue weighted by atomic mass is 35.5. The largest absolute Gasteiger partial charge is 0.490 e. The summed E-state index contributed by atoms with van der Waals surface area (Å²) in [5, 5.41) is 41.0. The quantitative estimate of drug-likeness (QED) is 0.558. The molecule has 2 aromatic rings. The Morgan fingerprint density at radius 1 is 0.967 bits per heavy atom. The summed E-state index contributed by atoms with van der Waals surface area (Å²) in [6.07, 6.45) is -6.03. The minimum atomic E-state index is -1.43. The molecular weight excluding hydrogens is 433 g/mol. The van der Waals surface area contributed by atoms with Crippen LogP contribution in [0.3, 0.4) is 0 Å². The van der Waals surface area contributed by atoms with Crippen molar-refractivity contribution in [1.29, 1.82) is 0 Å². The Kier molecular flexibility index (Phi) is 6.41. The lowest BCUT2D eigenvalue weighted by Crippen LogP contribution is -2.55. The Hall–Kier alpha value is -1.58. The Labute approximate surface area is 184 Å². The second-order valence-corrected chi connectivity index (χ2v) is 8.31. The molecule has 4 N–H and O–H groups in total. The van der Waals surface area contributed by atoms with E-state index in [4.69, 9.17) is 32.7 Å². The van der Waals surface area contributed by atoms with E-state index in [0.29, 0.717) is 41.1 Å². The van der Waals surface area contributed by atoms with Crippen molar-refractivity contribution >= 4 is 28.9 Å². The Bertz CT molecular complexity index is 911. The molecule has 0 bridgehead atoms. The molecule has 4 rings (SSSR count). The molecule has 5 atom stereocenters. The van der Waals surface area contributed by atoms with Crippen molar-refractivity contribution in [2.75, 3.05) is 24.7 Å². The van der Waals surface area contributed by atoms with E-state index in [0.717, 1.165) is 11.3 Å². The lowest BCUT2D eigenvalue weighted by atomic mass is 9.91. The first kappa shape index (κ1) is 21.6. The molecule has 0 amide bonds. The number of fused-ring (bicyclic) bond motifs is 1. The zero-order chi connectivity index (χ0) is 21.4. The fourth-order valence-electron chi connectivity index (χ4n) is 3.87. The van der Waals surface area contributed by atoms with Gasteiger partial charge in [-0.25, -0.2) is 0 Å². The number of nitrogens with zero attached hydrogens (tertiary/aromatic N) is 1. The molecule has 0 aliphatic carbocycles. The Morgan fingerprint density at radius 3 is 2.50 bits per heavy atom. The first-order valence-corrected chi connectivity index (χ1v) is 10.4. The van der Waals surface area contributed by atoms with Gasteiger partial charge in [-0.3, -0.25) is 0 Å². The van der Waals surface area contributed by atoms with Crippen LogP contribution in [0.15, 0.2) is 36.4 Å². The van der Waals surface area contributed by atoms with Crippen LogP contribution in [-0.2, 0) is 11.3 Å². The maximum Gasteiger partial charge on any atom is 0.142 e. The van der Waals surface area contributed by atoms with Gasteiger partial charge in [-0.05, 0) is 35.4 Å². The van der Waals surface area contributed by atoms with Crippen molar-refractivity contribution in [3.05, 3.63) is 57.6 Å². The van der Waals surface area contributed by atoms with E-state index in [1.807, 2.05) is 18.2 Å². The molecule has 2 heterocycles. The van der Waals surface area contributed by atoms with E-state index in [1.54, 1.807) is 18.2 Å². The van der Waals surface area contributed by atoms with E-state index in [2.05, 4.69) is 4.90 Å². The van der Waals surface area contributed by atoms with Crippen LogP contribution in [0.4, 0.5) is 5.69 Å². The van der Waals surface area contributed by atoms with Crippen molar-refractivity contribution in [2.24, 2.45) is 0 Å². The van der Waals surface area contributed by atoms with Crippen molar-refractivity contribution < 1.29 is 29.9 Å². The summed E-state index contributed by atoms with van der Waals surface area (Å²) in [6, 6.07) is 10.8. The molecule has 1 fully saturated rings. The highest BCUT2D eigenvalue weighted by molar-refractivity contribution is 6.42. The predicted molar refractivity (Wildman–Crippen MR) is 112 cm³/mol. The van der Waals surface area contributed by atoms with Gasteiger partial charge in [0.25, 0.3) is 0 Å². The van der Waals surface area contributed by atoms with Gasteiger partial charge in [0.1, 0.15) is 42.9 Å². The maximum absolute atomic E-state index is 10.4. The van der Waals surface area contributed by atoms with Crippen molar-refractivity contribution in [3.63, 3.8) is 0 Å². The van der Waals surface area contributed by atoms with Crippen LogP contribution in [0.25, 0.3) is 0 Å². The van der Waals surface area contributed by atoms with E-state index >= 15 is 0 Å². The lowest BCUT2D eigenvalue weighted by molar-refractivity contribution is -0.231. The number of halogens is 2. The van der Waals surface area contributed by atoms with Crippen LogP contribution >= 0.6 is 23.2 Å². The van der Waals surface area contributed by atoms with Crippen LogP contribution in [-0.4, -0.2) is 64.6 Å². The van der Waals surface area contributed by atoms with Gasteiger partial charge in [0.2, 0.25) is 0 Å². The summed E-state index contributed by atoms with van der Waals surface area (Å²) in [7, 11) is 0. The zero-order valence-corrected chi connectivity index (χ0v) is 17.5. The van der Waals surface area contributed by atoms with Gasteiger partial charge in [0, 0.05) is 6.54 Å². The molecule has 162 valence electrons. The SMILES string of the molecule is OC[C@H]1O[C@@H](c2ccc3c(c2)N(Cc2ccc(Cl)c(Cl)c2)CCO3)[C@H](O)[C@@H](O)[C@@H]1O. The highest BCUT2D eigenvalue weighted by Crippen LogP contribution is 2.39. The Balaban J connectivity index is 1.62. The summed E-state index contributed by atoms with van der Waals surface area (Å²) in [6.45, 7) is 1.27. The smallest absolute Gasteiger partial charge is 0.142 e. The number of hydrogen-bond acceptors (Lipinski definition) is 7. The molecule has 0 unspecified atom stereocenters. The first-order valence-electron chi connectivity index (χ1n) is 9.65. The molecule has 30 heavy (non-hydrogen) atoms. The average molecular weight is 456 g/mol. The van der Waals surface area contributed by atoms with Gasteiger partial charge in [-0.2, -0.15) is 0 Å². The number of ether oxygens (including phenoxy) is 2. The van der Waals surface area contributed by atoms with Gasteiger partial charge in [-0.1, -0.05) is 35.3 Å². The van der Waals surface area contributed by atoms with Gasteiger partial charge in [0.15, 0.2) is 0 Å². The molecule has 2 aliphatic rings. The average Bonchev–Trinajstić information content (AvgIpc) is 2.75. The van der Waals surface area contributed by atoms with Crippen LogP contribution in [0.2, 0.25) is 10.0 Å². The van der Waals surface area contributed by atoms with Crippen LogP contribution in [0, 0.1) is 0 Å². The third-order valence-corrected chi connectivity index (χ3v) is 6.26. The topological polar surface area (TPSA) is 103 Å². The number of aliphatic hydroxyl groups is 4. The molecule has 0 saturated carbocycles. The third-order valence-electron chi connectivity index (χ3n) is 5.52. The van der Waals surface area contributed by atoms with Crippen LogP contribution in [0.1, 0.15) is 17.2 Å². The maximum atomic E-state index is 10.4. The molecule has 2 aliphatic heterocycles. The molecular formula is C21H23Cl2NO6. The number of rotatable bonds is 4. The predicted octanol–water partition coefficient (Wildman–Crippen LogP) is 1.91. The minimum Gasteiger partial charge on any atom is -0.490 e.